The number of likely N-dealkylation sites (N-methyl/N-ethyl adjacent to an activating group) is 1. The highest BCUT2D eigenvalue weighted by Gasteiger charge is 2.33. The molecule has 0 amide bonds. The number of nitrogens with zero attached hydrogens (tertiary/aromatic N) is 7. The van der Waals surface area contributed by atoms with E-state index in [9.17, 15) is 17.6 Å². The molecule has 0 spiro atoms. The predicted octanol–water partition coefficient (Wildman–Crippen LogP) is 1.58. The van der Waals surface area contributed by atoms with E-state index < -0.39 is 17.6 Å². The van der Waals surface area contributed by atoms with Crippen LogP contribution in [0.4, 0.5) is 23.4 Å². The van der Waals surface area contributed by atoms with Crippen LogP contribution in [0.3, 0.4) is 0 Å². The van der Waals surface area contributed by atoms with Gasteiger partial charge in [-0.2, -0.15) is 17.7 Å². The Morgan fingerprint density at radius 3 is 2.48 bits per heavy atom. The second-order valence-corrected chi connectivity index (χ2v) is 5.96. The van der Waals surface area contributed by atoms with E-state index in [2.05, 4.69) is 25.4 Å². The Hall–Kier alpha value is -2.56. The van der Waals surface area contributed by atoms with E-state index in [1.54, 1.807) is 0 Å². The van der Waals surface area contributed by atoms with Crippen LogP contribution in [-0.2, 0) is 6.18 Å². The van der Waals surface area contributed by atoms with E-state index in [-0.39, 0.29) is 16.7 Å². The first-order valence-electron chi connectivity index (χ1n) is 7.56. The van der Waals surface area contributed by atoms with Gasteiger partial charge in [0.2, 0.25) is 5.65 Å². The third kappa shape index (κ3) is 2.64. The summed E-state index contributed by atoms with van der Waals surface area (Å²) in [5, 5.41) is 11.1. The third-order valence-electron chi connectivity index (χ3n) is 4.29. The summed E-state index contributed by atoms with van der Waals surface area (Å²) in [4.78, 5) is 8.29. The molecular formula is C14H13F4N7. The van der Waals surface area contributed by atoms with Crippen LogP contribution in [0.1, 0.15) is 5.56 Å². The highest BCUT2D eigenvalue weighted by Crippen LogP contribution is 2.33. The van der Waals surface area contributed by atoms with Crippen LogP contribution in [-0.4, -0.2) is 63.2 Å². The summed E-state index contributed by atoms with van der Waals surface area (Å²) in [6.45, 7) is 2.84. The fourth-order valence-corrected chi connectivity index (χ4v) is 2.90. The maximum absolute atomic E-state index is 14.3. The number of hydrogen-bond acceptors (Lipinski definition) is 6. The van der Waals surface area contributed by atoms with Gasteiger partial charge in [-0.25, -0.2) is 9.37 Å². The molecule has 4 rings (SSSR count). The molecule has 0 saturated carbocycles. The average molecular weight is 355 g/mol. The second-order valence-electron chi connectivity index (χ2n) is 5.96. The van der Waals surface area contributed by atoms with E-state index >= 15 is 0 Å². The first kappa shape index (κ1) is 15.9. The van der Waals surface area contributed by atoms with Crippen LogP contribution in [0.2, 0.25) is 0 Å². The van der Waals surface area contributed by atoms with Crippen LogP contribution in [0.5, 0.6) is 0 Å². The Morgan fingerprint density at radius 2 is 1.80 bits per heavy atom. The molecule has 1 fully saturated rings. The second kappa shape index (κ2) is 5.48. The molecular weight excluding hydrogens is 342 g/mol. The molecule has 25 heavy (non-hydrogen) atoms. The fourth-order valence-electron chi connectivity index (χ4n) is 2.90. The molecule has 0 unspecified atom stereocenters. The number of aromatic nitrogens is 5. The van der Waals surface area contributed by atoms with Crippen molar-refractivity contribution in [3.05, 3.63) is 23.5 Å². The number of benzene rings is 1. The fraction of sp³-hybridized carbons (Fsp3) is 0.429. The summed E-state index contributed by atoms with van der Waals surface area (Å²) in [6.07, 6.45) is -4.68. The number of tetrazole rings is 1. The summed E-state index contributed by atoms with van der Waals surface area (Å²) in [6, 6.07) is 1.25. The molecule has 1 aliphatic rings. The summed E-state index contributed by atoms with van der Waals surface area (Å²) < 4.78 is 54.4. The van der Waals surface area contributed by atoms with Gasteiger partial charge < -0.3 is 9.80 Å². The Balaban J connectivity index is 1.94. The van der Waals surface area contributed by atoms with Gasteiger partial charge in [-0.3, -0.25) is 0 Å². The third-order valence-corrected chi connectivity index (χ3v) is 4.29. The minimum atomic E-state index is -4.68. The van der Waals surface area contributed by atoms with Gasteiger partial charge in [-0.15, -0.1) is 5.10 Å². The Kier molecular flexibility index (Phi) is 3.49. The first-order valence-corrected chi connectivity index (χ1v) is 7.56. The van der Waals surface area contributed by atoms with Crippen molar-refractivity contribution >= 4 is 22.5 Å². The molecule has 0 aliphatic carbocycles. The number of fused-ring (bicyclic) bond motifs is 3. The molecule has 7 nitrogen and oxygen atoms in total. The van der Waals surface area contributed by atoms with Crippen LogP contribution >= 0.6 is 0 Å². The molecule has 3 heterocycles. The van der Waals surface area contributed by atoms with Crippen molar-refractivity contribution in [2.24, 2.45) is 0 Å². The standard InChI is InChI=1S/C14H13F4N7/c1-23-2-4-24(5-3-23)12-13-20-21-22-25(13)10-7-8(14(16,17)18)6-9(15)11(10)19-12/h6-7H,2-5H2,1H3. The van der Waals surface area contributed by atoms with Gasteiger partial charge in [-0.1, -0.05) is 0 Å². The van der Waals surface area contributed by atoms with Gasteiger partial charge >= 0.3 is 6.18 Å². The van der Waals surface area contributed by atoms with Crippen molar-refractivity contribution in [3.63, 3.8) is 0 Å². The van der Waals surface area contributed by atoms with E-state index in [1.165, 1.54) is 0 Å². The molecule has 11 heteroatoms. The molecule has 0 atom stereocenters. The van der Waals surface area contributed by atoms with Crippen molar-refractivity contribution in [3.8, 4) is 0 Å². The van der Waals surface area contributed by atoms with Gasteiger partial charge in [0.1, 0.15) is 5.52 Å². The number of rotatable bonds is 1. The molecule has 2 aromatic heterocycles. The van der Waals surface area contributed by atoms with Gasteiger partial charge in [0.05, 0.1) is 11.1 Å². The number of hydrogen-bond donors (Lipinski definition) is 0. The topological polar surface area (TPSA) is 62.5 Å². The lowest BCUT2D eigenvalue weighted by Gasteiger charge is -2.33. The molecule has 0 N–H and O–H groups in total. The van der Waals surface area contributed by atoms with Gasteiger partial charge in [0.25, 0.3) is 0 Å². The first-order chi connectivity index (χ1) is 11.8. The predicted molar refractivity (Wildman–Crippen MR) is 80.8 cm³/mol. The van der Waals surface area contributed by atoms with Crippen LogP contribution in [0, 0.1) is 5.82 Å². The minimum absolute atomic E-state index is 0.120. The normalized spacial score (nSPS) is 16.9. The Labute approximate surface area is 138 Å². The number of piperazine rings is 1. The zero-order valence-electron chi connectivity index (χ0n) is 13.1. The SMILES string of the molecule is CN1CCN(c2nc3c(F)cc(C(F)(F)F)cc3n3nnnc23)CC1. The number of alkyl halides is 3. The molecule has 0 radical (unpaired) electrons. The van der Waals surface area contributed by atoms with Gasteiger partial charge in [0, 0.05) is 26.2 Å². The molecule has 3 aromatic rings. The highest BCUT2D eigenvalue weighted by molar-refractivity contribution is 5.83. The van der Waals surface area contributed by atoms with E-state index in [0.717, 1.165) is 23.7 Å². The highest BCUT2D eigenvalue weighted by atomic mass is 19.4. The van der Waals surface area contributed by atoms with Crippen LogP contribution in [0.15, 0.2) is 12.1 Å². The summed E-state index contributed by atoms with van der Waals surface area (Å²) in [7, 11) is 1.98. The number of anilines is 1. The van der Waals surface area contributed by atoms with Crippen LogP contribution < -0.4 is 4.90 Å². The van der Waals surface area contributed by atoms with Crippen molar-refractivity contribution in [1.82, 2.24) is 29.9 Å². The molecule has 1 saturated heterocycles. The van der Waals surface area contributed by atoms with Crippen LogP contribution in [0.25, 0.3) is 16.7 Å². The van der Waals surface area contributed by atoms with Crippen molar-refractivity contribution in [2.75, 3.05) is 38.1 Å². The van der Waals surface area contributed by atoms with E-state index in [0.29, 0.717) is 25.0 Å². The minimum Gasteiger partial charge on any atom is -0.351 e. The van der Waals surface area contributed by atoms with E-state index in [4.69, 9.17) is 0 Å². The van der Waals surface area contributed by atoms with Crippen molar-refractivity contribution < 1.29 is 17.6 Å². The summed E-state index contributed by atoms with van der Waals surface area (Å²) in [5.41, 5.74) is -1.22. The Morgan fingerprint density at radius 1 is 1.08 bits per heavy atom. The maximum Gasteiger partial charge on any atom is 0.416 e. The summed E-state index contributed by atoms with van der Waals surface area (Å²) in [5.74, 6) is -0.693. The molecule has 0 bridgehead atoms. The quantitative estimate of drug-likeness (QED) is 0.618. The molecule has 132 valence electrons. The monoisotopic (exact) mass is 355 g/mol. The number of halogens is 4. The lowest BCUT2D eigenvalue weighted by atomic mass is 10.1. The molecule has 1 aromatic carbocycles. The lowest BCUT2D eigenvalue weighted by molar-refractivity contribution is -0.137. The smallest absolute Gasteiger partial charge is 0.351 e. The van der Waals surface area contributed by atoms with Gasteiger partial charge in [0.15, 0.2) is 11.6 Å². The summed E-state index contributed by atoms with van der Waals surface area (Å²) >= 11 is 0. The largest absolute Gasteiger partial charge is 0.416 e. The molecule has 1 aliphatic heterocycles. The van der Waals surface area contributed by atoms with E-state index in [1.807, 2.05) is 11.9 Å². The van der Waals surface area contributed by atoms with Gasteiger partial charge in [-0.05, 0) is 29.6 Å². The average Bonchev–Trinajstić information content (AvgIpc) is 3.04. The van der Waals surface area contributed by atoms with Crippen molar-refractivity contribution in [2.45, 2.75) is 6.18 Å². The lowest BCUT2D eigenvalue weighted by Crippen LogP contribution is -2.45. The zero-order chi connectivity index (χ0) is 17.8. The maximum atomic E-state index is 14.3. The Bertz CT molecular complexity index is 944. The van der Waals surface area contributed by atoms with Crippen molar-refractivity contribution in [1.29, 1.82) is 0 Å². The zero-order valence-corrected chi connectivity index (χ0v) is 13.1.